The van der Waals surface area contributed by atoms with Gasteiger partial charge in [0.15, 0.2) is 0 Å². The molecular formula is C12H18O. The number of hydrogen-bond acceptors (Lipinski definition) is 0. The average molecular weight is 178 g/mol. The molecule has 1 heteroatoms. The zero-order chi connectivity index (χ0) is 8.55. The molecule has 1 aromatic rings. The third-order valence-electron chi connectivity index (χ3n) is 3.04. The van der Waals surface area contributed by atoms with Gasteiger partial charge in [0.2, 0.25) is 0 Å². The first kappa shape index (κ1) is 10.3. The number of fused-ring (bicyclic) bond motifs is 1. The van der Waals surface area contributed by atoms with E-state index in [-0.39, 0.29) is 5.48 Å². The normalized spacial score (nSPS) is 20.3. The topological polar surface area (TPSA) is 31.5 Å². The van der Waals surface area contributed by atoms with Gasteiger partial charge in [0.05, 0.1) is 0 Å². The summed E-state index contributed by atoms with van der Waals surface area (Å²) in [6, 6.07) is 6.72. The van der Waals surface area contributed by atoms with E-state index in [2.05, 4.69) is 32.0 Å². The standard InChI is InChI=1S/C12H16.H2O/c1-9-5-3-8-12-10(2)6-4-7-11(9)12;/h3,5,8,10H,4,6-7H2,1-2H3;1H2. The molecule has 1 aliphatic rings. The van der Waals surface area contributed by atoms with Crippen molar-refractivity contribution in [2.24, 2.45) is 0 Å². The Balaban J connectivity index is 0.000000845. The number of rotatable bonds is 0. The molecule has 0 saturated carbocycles. The molecule has 0 fully saturated rings. The van der Waals surface area contributed by atoms with E-state index in [1.165, 1.54) is 24.8 Å². The van der Waals surface area contributed by atoms with Gasteiger partial charge in [-0.25, -0.2) is 0 Å². The van der Waals surface area contributed by atoms with Crippen LogP contribution in [0.25, 0.3) is 0 Å². The molecule has 0 heterocycles. The van der Waals surface area contributed by atoms with Gasteiger partial charge in [0.1, 0.15) is 0 Å². The Morgan fingerprint density at radius 3 is 2.77 bits per heavy atom. The van der Waals surface area contributed by atoms with Crippen LogP contribution < -0.4 is 0 Å². The predicted octanol–water partition coefficient (Wildman–Crippen LogP) is 2.61. The van der Waals surface area contributed by atoms with Gasteiger partial charge in [0.25, 0.3) is 0 Å². The minimum absolute atomic E-state index is 0. The molecule has 0 saturated heterocycles. The lowest BCUT2D eigenvalue weighted by atomic mass is 9.82. The molecule has 1 unspecified atom stereocenters. The summed E-state index contributed by atoms with van der Waals surface area (Å²) in [7, 11) is 0. The minimum Gasteiger partial charge on any atom is -0.412 e. The summed E-state index contributed by atoms with van der Waals surface area (Å²) in [5.74, 6) is 0.786. The van der Waals surface area contributed by atoms with Crippen LogP contribution in [0.5, 0.6) is 0 Å². The van der Waals surface area contributed by atoms with E-state index in [1.54, 1.807) is 11.1 Å². The predicted molar refractivity (Wildman–Crippen MR) is 56.1 cm³/mol. The zero-order valence-electron chi connectivity index (χ0n) is 8.43. The molecule has 2 rings (SSSR count). The van der Waals surface area contributed by atoms with Gasteiger partial charge < -0.3 is 5.48 Å². The van der Waals surface area contributed by atoms with Gasteiger partial charge in [-0.3, -0.25) is 0 Å². The van der Waals surface area contributed by atoms with Crippen molar-refractivity contribution in [2.75, 3.05) is 0 Å². The Labute approximate surface area is 80.1 Å². The molecule has 13 heavy (non-hydrogen) atoms. The van der Waals surface area contributed by atoms with Crippen LogP contribution in [-0.4, -0.2) is 5.48 Å². The van der Waals surface area contributed by atoms with Crippen molar-refractivity contribution in [1.29, 1.82) is 0 Å². The summed E-state index contributed by atoms with van der Waals surface area (Å²) in [4.78, 5) is 0. The highest BCUT2D eigenvalue weighted by Crippen LogP contribution is 2.32. The van der Waals surface area contributed by atoms with Gasteiger partial charge in [-0.1, -0.05) is 25.1 Å². The van der Waals surface area contributed by atoms with Crippen LogP contribution >= 0.6 is 0 Å². The minimum atomic E-state index is 0. The highest BCUT2D eigenvalue weighted by atomic mass is 16.0. The molecule has 1 nitrogen and oxygen atoms in total. The van der Waals surface area contributed by atoms with E-state index in [0.29, 0.717) is 0 Å². The fraction of sp³-hybridized carbons (Fsp3) is 0.500. The van der Waals surface area contributed by atoms with E-state index >= 15 is 0 Å². The second kappa shape index (κ2) is 3.93. The summed E-state index contributed by atoms with van der Waals surface area (Å²) >= 11 is 0. The molecule has 1 aliphatic carbocycles. The number of hydrogen-bond donors (Lipinski definition) is 0. The van der Waals surface area contributed by atoms with Crippen LogP contribution in [0.3, 0.4) is 0 Å². The highest BCUT2D eigenvalue weighted by molar-refractivity contribution is 5.38. The molecule has 0 spiro atoms. The molecule has 0 amide bonds. The lowest BCUT2D eigenvalue weighted by Gasteiger charge is -2.23. The summed E-state index contributed by atoms with van der Waals surface area (Å²) in [5.41, 5.74) is 4.71. The van der Waals surface area contributed by atoms with Crippen molar-refractivity contribution in [3.8, 4) is 0 Å². The second-order valence-corrected chi connectivity index (χ2v) is 3.94. The largest absolute Gasteiger partial charge is 0.412 e. The SMILES string of the molecule is Cc1cccc2c1CCCC2C.O. The van der Waals surface area contributed by atoms with Crippen LogP contribution in [0.1, 0.15) is 42.4 Å². The first-order chi connectivity index (χ1) is 5.79. The number of aryl methyl sites for hydroxylation is 1. The Morgan fingerprint density at radius 2 is 2.08 bits per heavy atom. The summed E-state index contributed by atoms with van der Waals surface area (Å²) in [5, 5.41) is 0. The van der Waals surface area contributed by atoms with Crippen LogP contribution in [0, 0.1) is 6.92 Å². The van der Waals surface area contributed by atoms with Gasteiger partial charge in [0, 0.05) is 0 Å². The lowest BCUT2D eigenvalue weighted by Crippen LogP contribution is -2.08. The summed E-state index contributed by atoms with van der Waals surface area (Å²) in [6.07, 6.45) is 4.04. The quantitative estimate of drug-likeness (QED) is 0.585. The Morgan fingerprint density at radius 1 is 1.31 bits per heavy atom. The van der Waals surface area contributed by atoms with Crippen LogP contribution in [-0.2, 0) is 6.42 Å². The second-order valence-electron chi connectivity index (χ2n) is 3.94. The third kappa shape index (κ3) is 1.75. The van der Waals surface area contributed by atoms with Crippen molar-refractivity contribution < 1.29 is 5.48 Å². The fourth-order valence-corrected chi connectivity index (χ4v) is 2.27. The van der Waals surface area contributed by atoms with Crippen molar-refractivity contribution in [1.82, 2.24) is 0 Å². The molecule has 1 aromatic carbocycles. The average Bonchev–Trinajstić information content (AvgIpc) is 2.07. The van der Waals surface area contributed by atoms with E-state index in [0.717, 1.165) is 5.92 Å². The van der Waals surface area contributed by atoms with Crippen LogP contribution in [0.4, 0.5) is 0 Å². The molecule has 0 bridgehead atoms. The van der Waals surface area contributed by atoms with E-state index in [4.69, 9.17) is 0 Å². The maximum atomic E-state index is 2.34. The Hall–Kier alpha value is -0.820. The highest BCUT2D eigenvalue weighted by Gasteiger charge is 2.16. The molecule has 0 radical (unpaired) electrons. The van der Waals surface area contributed by atoms with Crippen LogP contribution in [0.2, 0.25) is 0 Å². The van der Waals surface area contributed by atoms with Gasteiger partial charge >= 0.3 is 0 Å². The van der Waals surface area contributed by atoms with Crippen molar-refractivity contribution in [3.63, 3.8) is 0 Å². The lowest BCUT2D eigenvalue weighted by molar-refractivity contribution is 0.588. The monoisotopic (exact) mass is 178 g/mol. The maximum absolute atomic E-state index is 2.34. The molecule has 72 valence electrons. The van der Waals surface area contributed by atoms with Crippen molar-refractivity contribution in [3.05, 3.63) is 34.9 Å². The van der Waals surface area contributed by atoms with Gasteiger partial charge in [-0.15, -0.1) is 0 Å². The van der Waals surface area contributed by atoms with Crippen molar-refractivity contribution >= 4 is 0 Å². The number of benzene rings is 1. The molecular weight excluding hydrogens is 160 g/mol. The Kier molecular flexibility index (Phi) is 3.10. The summed E-state index contributed by atoms with van der Waals surface area (Å²) in [6.45, 7) is 4.58. The molecule has 0 aromatic heterocycles. The zero-order valence-corrected chi connectivity index (χ0v) is 8.43. The molecule has 1 atom stereocenters. The van der Waals surface area contributed by atoms with E-state index < -0.39 is 0 Å². The first-order valence-corrected chi connectivity index (χ1v) is 4.87. The first-order valence-electron chi connectivity index (χ1n) is 4.87. The van der Waals surface area contributed by atoms with E-state index in [9.17, 15) is 0 Å². The Bertz CT molecular complexity index is 291. The van der Waals surface area contributed by atoms with Crippen molar-refractivity contribution in [2.45, 2.75) is 39.0 Å². The van der Waals surface area contributed by atoms with Crippen LogP contribution in [0.15, 0.2) is 18.2 Å². The molecule has 0 aliphatic heterocycles. The summed E-state index contributed by atoms with van der Waals surface area (Å²) < 4.78 is 0. The smallest absolute Gasteiger partial charge is 0.0187 e. The van der Waals surface area contributed by atoms with Gasteiger partial charge in [-0.05, 0) is 48.8 Å². The third-order valence-corrected chi connectivity index (χ3v) is 3.04. The fourth-order valence-electron chi connectivity index (χ4n) is 2.27. The maximum Gasteiger partial charge on any atom is -0.0187 e. The van der Waals surface area contributed by atoms with E-state index in [1.807, 2.05) is 0 Å². The van der Waals surface area contributed by atoms with Gasteiger partial charge in [-0.2, -0.15) is 0 Å². The molecule has 2 N–H and O–H groups in total.